The number of hydrogen-bond donors (Lipinski definition) is 3. The van der Waals surface area contributed by atoms with Crippen LogP contribution in [0.5, 0.6) is 0 Å². The first-order valence-corrected chi connectivity index (χ1v) is 11.3. The minimum Gasteiger partial charge on any atom is -0.369 e. The van der Waals surface area contributed by atoms with Gasteiger partial charge in [0.2, 0.25) is 0 Å². The highest BCUT2D eigenvalue weighted by Crippen LogP contribution is 2.42. The average Bonchev–Trinajstić information content (AvgIpc) is 3.29. The number of H-pyrrole nitrogens is 1. The molecular formula is C25H25ClN6O. The summed E-state index contributed by atoms with van der Waals surface area (Å²) in [5.74, 6) is 1.06. The number of aliphatic hydroxyl groups excluding tert-OH is 1. The number of para-hydroxylation sites is 1. The van der Waals surface area contributed by atoms with Crippen molar-refractivity contribution >= 4 is 40.3 Å². The average molecular weight is 461 g/mol. The fourth-order valence-corrected chi connectivity index (χ4v) is 4.64. The first-order chi connectivity index (χ1) is 16.0. The lowest BCUT2D eigenvalue weighted by molar-refractivity contribution is 0.176. The molecule has 0 amide bonds. The zero-order chi connectivity index (χ0) is 22.9. The van der Waals surface area contributed by atoms with Crippen LogP contribution in [0.3, 0.4) is 0 Å². The van der Waals surface area contributed by atoms with Gasteiger partial charge in [-0.1, -0.05) is 55.8 Å². The highest BCUT2D eigenvalue weighted by Gasteiger charge is 2.34. The Morgan fingerprint density at radius 2 is 1.91 bits per heavy atom. The molecule has 33 heavy (non-hydrogen) atoms. The van der Waals surface area contributed by atoms with Gasteiger partial charge in [-0.15, -0.1) is 0 Å². The summed E-state index contributed by atoms with van der Waals surface area (Å²) in [5.41, 5.74) is 4.77. The van der Waals surface area contributed by atoms with Gasteiger partial charge in [0.1, 0.15) is 11.8 Å². The van der Waals surface area contributed by atoms with Crippen molar-refractivity contribution < 1.29 is 5.11 Å². The van der Waals surface area contributed by atoms with Gasteiger partial charge in [-0.3, -0.25) is 0 Å². The highest BCUT2D eigenvalue weighted by atomic mass is 35.5. The van der Waals surface area contributed by atoms with Gasteiger partial charge in [-0.05, 0) is 42.2 Å². The highest BCUT2D eigenvalue weighted by molar-refractivity contribution is 6.31. The van der Waals surface area contributed by atoms with E-state index in [1.165, 1.54) is 6.33 Å². The molecule has 0 fully saturated rings. The summed E-state index contributed by atoms with van der Waals surface area (Å²) in [6, 6.07) is 15.4. The fourth-order valence-electron chi connectivity index (χ4n) is 4.36. The lowest BCUT2D eigenvalue weighted by Crippen LogP contribution is -2.40. The molecule has 1 aliphatic rings. The van der Waals surface area contributed by atoms with E-state index in [9.17, 15) is 5.11 Å². The topological polar surface area (TPSA) is 90.0 Å². The monoisotopic (exact) mass is 460 g/mol. The van der Waals surface area contributed by atoms with Crippen molar-refractivity contribution in [3.63, 3.8) is 0 Å². The van der Waals surface area contributed by atoms with Crippen molar-refractivity contribution in [3.05, 3.63) is 83.0 Å². The summed E-state index contributed by atoms with van der Waals surface area (Å²) in [6.45, 7) is 4.36. The van der Waals surface area contributed by atoms with E-state index in [-0.39, 0.29) is 6.04 Å². The molecule has 0 aliphatic carbocycles. The Morgan fingerprint density at radius 1 is 1.09 bits per heavy atom. The molecule has 8 heteroatoms. The van der Waals surface area contributed by atoms with Gasteiger partial charge in [0, 0.05) is 22.0 Å². The molecule has 2 atom stereocenters. The van der Waals surface area contributed by atoms with Gasteiger partial charge >= 0.3 is 0 Å². The Morgan fingerprint density at radius 3 is 2.70 bits per heavy atom. The molecule has 3 heterocycles. The van der Waals surface area contributed by atoms with Crippen molar-refractivity contribution in [1.82, 2.24) is 19.9 Å². The van der Waals surface area contributed by atoms with Crippen molar-refractivity contribution in [2.24, 2.45) is 5.92 Å². The lowest BCUT2D eigenvalue weighted by atomic mass is 9.92. The molecule has 0 spiro atoms. The van der Waals surface area contributed by atoms with Crippen LogP contribution in [0.25, 0.3) is 17.2 Å². The third kappa shape index (κ3) is 4.05. The van der Waals surface area contributed by atoms with Gasteiger partial charge in [-0.2, -0.15) is 0 Å². The normalized spacial score (nSPS) is 16.6. The summed E-state index contributed by atoms with van der Waals surface area (Å²) >= 11 is 6.52. The largest absolute Gasteiger partial charge is 0.369 e. The van der Waals surface area contributed by atoms with E-state index in [1.807, 2.05) is 53.4 Å². The maximum absolute atomic E-state index is 11.5. The van der Waals surface area contributed by atoms with Crippen LogP contribution in [0.4, 0.5) is 11.5 Å². The second-order valence-corrected chi connectivity index (χ2v) is 8.95. The standard InChI is InChI=1S/C25H25ClN6O/c1-15(2)11-19(31-24-22-23(28-13-27-22)29-14-30-24)20-12-16-7-6-10-18(26)21(16)25(33)32(20)17-8-4-3-5-9-17/h3-10,12-15,19,25,33H,11H2,1-2H3,(H2,27,28,29,30,31)/t19-,25?/m0/s1. The van der Waals surface area contributed by atoms with Gasteiger partial charge in [0.15, 0.2) is 17.7 Å². The minimum absolute atomic E-state index is 0.145. The van der Waals surface area contributed by atoms with E-state index in [0.29, 0.717) is 28.0 Å². The Bertz CT molecular complexity index is 1300. The van der Waals surface area contributed by atoms with Crippen LogP contribution >= 0.6 is 11.6 Å². The minimum atomic E-state index is -0.926. The molecule has 3 N–H and O–H groups in total. The molecule has 1 aliphatic heterocycles. The molecule has 0 saturated heterocycles. The number of halogens is 1. The van der Waals surface area contributed by atoms with Crippen molar-refractivity contribution in [2.45, 2.75) is 32.5 Å². The quantitative estimate of drug-likeness (QED) is 0.357. The van der Waals surface area contributed by atoms with Crippen molar-refractivity contribution in [1.29, 1.82) is 0 Å². The van der Waals surface area contributed by atoms with E-state index in [4.69, 9.17) is 11.6 Å². The maximum Gasteiger partial charge on any atom is 0.182 e. The predicted octanol–water partition coefficient (Wildman–Crippen LogP) is 5.39. The van der Waals surface area contributed by atoms with Gasteiger partial charge in [0.25, 0.3) is 0 Å². The molecule has 168 valence electrons. The Hall–Kier alpha value is -3.42. The first-order valence-electron chi connectivity index (χ1n) is 11.0. The van der Waals surface area contributed by atoms with E-state index in [2.05, 4.69) is 45.2 Å². The smallest absolute Gasteiger partial charge is 0.182 e. The number of aromatic amines is 1. The number of nitrogens with zero attached hydrogens (tertiary/aromatic N) is 4. The molecule has 0 bridgehead atoms. The SMILES string of the molecule is CC(C)C[C@H](Nc1ncnc2nc[nH]c12)C1=Cc2cccc(Cl)c2C(O)N1c1ccccc1. The number of benzene rings is 2. The van der Waals surface area contributed by atoms with Crippen LogP contribution in [0.15, 0.2) is 66.9 Å². The number of nitrogens with one attached hydrogen (secondary N) is 2. The number of aromatic nitrogens is 4. The van der Waals surface area contributed by atoms with Gasteiger partial charge in [-0.25, -0.2) is 15.0 Å². The van der Waals surface area contributed by atoms with Crippen LogP contribution in [0.1, 0.15) is 37.6 Å². The van der Waals surface area contributed by atoms with Crippen molar-refractivity contribution in [3.8, 4) is 0 Å². The van der Waals surface area contributed by atoms with Crippen LogP contribution < -0.4 is 10.2 Å². The zero-order valence-electron chi connectivity index (χ0n) is 18.4. The fraction of sp³-hybridized carbons (Fsp3) is 0.240. The summed E-state index contributed by atoms with van der Waals surface area (Å²) in [7, 11) is 0. The lowest BCUT2D eigenvalue weighted by Gasteiger charge is -2.40. The Kier molecular flexibility index (Phi) is 5.74. The van der Waals surface area contributed by atoms with Crippen molar-refractivity contribution in [2.75, 3.05) is 10.2 Å². The molecule has 0 saturated carbocycles. The molecule has 2 aromatic heterocycles. The molecular weight excluding hydrogens is 436 g/mol. The third-order valence-corrected chi connectivity index (χ3v) is 6.13. The summed E-state index contributed by atoms with van der Waals surface area (Å²) < 4.78 is 0. The van der Waals surface area contributed by atoms with Gasteiger partial charge < -0.3 is 20.3 Å². The Balaban J connectivity index is 1.65. The van der Waals surface area contributed by atoms with Crippen LogP contribution in [0, 0.1) is 5.92 Å². The van der Waals surface area contributed by atoms with Crippen LogP contribution in [0.2, 0.25) is 5.02 Å². The molecule has 2 aromatic carbocycles. The van der Waals surface area contributed by atoms with E-state index >= 15 is 0 Å². The number of hydrogen-bond acceptors (Lipinski definition) is 6. The van der Waals surface area contributed by atoms with Gasteiger partial charge in [0.05, 0.1) is 12.4 Å². The zero-order valence-corrected chi connectivity index (χ0v) is 19.2. The third-order valence-electron chi connectivity index (χ3n) is 5.80. The summed E-state index contributed by atoms with van der Waals surface area (Å²) in [4.78, 5) is 18.0. The molecule has 1 unspecified atom stereocenters. The molecule has 0 radical (unpaired) electrons. The molecule has 4 aromatic rings. The number of fused-ring (bicyclic) bond motifs is 2. The predicted molar refractivity (Wildman–Crippen MR) is 132 cm³/mol. The molecule has 7 nitrogen and oxygen atoms in total. The van der Waals surface area contributed by atoms with Crippen LogP contribution in [-0.4, -0.2) is 31.1 Å². The second kappa shape index (κ2) is 8.84. The van der Waals surface area contributed by atoms with E-state index in [1.54, 1.807) is 6.33 Å². The first kappa shape index (κ1) is 21.4. The summed E-state index contributed by atoms with van der Waals surface area (Å²) in [5, 5.41) is 15.7. The summed E-state index contributed by atoms with van der Waals surface area (Å²) in [6.07, 6.45) is 5.11. The second-order valence-electron chi connectivity index (χ2n) is 8.54. The number of anilines is 2. The number of rotatable bonds is 6. The Labute approximate surface area is 197 Å². The van der Waals surface area contributed by atoms with E-state index in [0.717, 1.165) is 28.9 Å². The molecule has 5 rings (SSSR count). The number of imidazole rings is 1. The van der Waals surface area contributed by atoms with Crippen LogP contribution in [-0.2, 0) is 0 Å². The number of aliphatic hydroxyl groups is 1. The van der Waals surface area contributed by atoms with E-state index < -0.39 is 6.23 Å². The maximum atomic E-state index is 11.5.